The van der Waals surface area contributed by atoms with E-state index in [1.54, 1.807) is 0 Å². The highest BCUT2D eigenvalue weighted by molar-refractivity contribution is 6.02. The van der Waals surface area contributed by atoms with Gasteiger partial charge in [0.25, 0.3) is 0 Å². The van der Waals surface area contributed by atoms with Gasteiger partial charge in [0.05, 0.1) is 0 Å². The molecule has 3 N–H and O–H groups in total. The number of aromatic nitrogens is 1. The molecule has 0 amide bonds. The number of hydrogen-bond acceptors (Lipinski definition) is 4. The molecule has 1 aliphatic heterocycles. The van der Waals surface area contributed by atoms with Gasteiger partial charge in [-0.2, -0.15) is 0 Å². The summed E-state index contributed by atoms with van der Waals surface area (Å²) in [5, 5.41) is 5.73. The molecule has 0 spiro atoms. The van der Waals surface area contributed by atoms with Crippen molar-refractivity contribution < 1.29 is 4.74 Å². The number of pyridine rings is 1. The first-order chi connectivity index (χ1) is 11.8. The molecule has 24 heavy (non-hydrogen) atoms. The summed E-state index contributed by atoms with van der Waals surface area (Å²) in [6.07, 6.45) is 4.00. The summed E-state index contributed by atoms with van der Waals surface area (Å²) in [6, 6.07) is 16.9. The zero-order valence-electron chi connectivity index (χ0n) is 13.5. The Morgan fingerprint density at radius 3 is 2.50 bits per heavy atom. The van der Waals surface area contributed by atoms with Gasteiger partial charge in [0.2, 0.25) is 0 Å². The minimum absolute atomic E-state index is 0.453. The van der Waals surface area contributed by atoms with Gasteiger partial charge < -0.3 is 15.8 Å². The zero-order chi connectivity index (χ0) is 16.4. The van der Waals surface area contributed by atoms with Crippen molar-refractivity contribution in [3.8, 4) is 11.1 Å². The molecule has 0 radical (unpaired) electrons. The van der Waals surface area contributed by atoms with Crippen molar-refractivity contribution in [2.45, 2.75) is 18.9 Å². The maximum atomic E-state index is 6.10. The Balaban J connectivity index is 1.62. The van der Waals surface area contributed by atoms with E-state index in [1.165, 1.54) is 0 Å². The van der Waals surface area contributed by atoms with Crippen LogP contribution in [0.15, 0.2) is 54.7 Å². The minimum atomic E-state index is 0.453. The van der Waals surface area contributed by atoms with Gasteiger partial charge in [-0.3, -0.25) is 0 Å². The van der Waals surface area contributed by atoms with E-state index in [4.69, 9.17) is 10.5 Å². The van der Waals surface area contributed by atoms with Crippen LogP contribution in [0.25, 0.3) is 21.9 Å². The van der Waals surface area contributed by atoms with Gasteiger partial charge in [-0.1, -0.05) is 30.3 Å². The Labute approximate surface area is 141 Å². The fourth-order valence-electron chi connectivity index (χ4n) is 3.26. The number of rotatable bonds is 3. The molecule has 1 aliphatic rings. The molecule has 0 bridgehead atoms. The quantitative estimate of drug-likeness (QED) is 0.714. The molecular formula is C20H21N3O. The third-order valence-corrected chi connectivity index (χ3v) is 4.61. The van der Waals surface area contributed by atoms with Crippen molar-refractivity contribution in [3.05, 3.63) is 54.7 Å². The highest BCUT2D eigenvalue weighted by Crippen LogP contribution is 2.32. The smallest absolute Gasteiger partial charge is 0.126 e. The first-order valence-corrected chi connectivity index (χ1v) is 8.39. The van der Waals surface area contributed by atoms with E-state index in [-0.39, 0.29) is 0 Å². The Bertz CT molecular complexity index is 839. The summed E-state index contributed by atoms with van der Waals surface area (Å²) >= 11 is 0. The summed E-state index contributed by atoms with van der Waals surface area (Å²) < 4.78 is 5.39. The molecule has 0 aliphatic carbocycles. The molecule has 1 fully saturated rings. The van der Waals surface area contributed by atoms with Crippen molar-refractivity contribution in [2.24, 2.45) is 0 Å². The highest BCUT2D eigenvalue weighted by Gasteiger charge is 2.14. The van der Waals surface area contributed by atoms with E-state index < -0.39 is 0 Å². The Hall–Kier alpha value is -2.59. The van der Waals surface area contributed by atoms with E-state index in [0.717, 1.165) is 59.5 Å². The molecule has 0 saturated carbocycles. The van der Waals surface area contributed by atoms with E-state index in [1.807, 2.05) is 24.4 Å². The number of nitrogens with two attached hydrogens (primary N) is 1. The largest absolute Gasteiger partial charge is 0.398 e. The molecule has 1 saturated heterocycles. The molecule has 2 heterocycles. The van der Waals surface area contributed by atoms with Gasteiger partial charge >= 0.3 is 0 Å². The third kappa shape index (κ3) is 2.93. The van der Waals surface area contributed by atoms with E-state index in [2.05, 4.69) is 40.6 Å². The second kappa shape index (κ2) is 6.49. The van der Waals surface area contributed by atoms with Gasteiger partial charge in [0.15, 0.2) is 0 Å². The molecule has 4 nitrogen and oxygen atoms in total. The monoisotopic (exact) mass is 319 g/mol. The SMILES string of the molecule is Nc1ccc(-c2ccc(NC3CCOCC3)nc2)c2ccccc12. The summed E-state index contributed by atoms with van der Waals surface area (Å²) in [6.45, 7) is 1.65. The second-order valence-electron chi connectivity index (χ2n) is 6.21. The lowest BCUT2D eigenvalue weighted by Gasteiger charge is -2.23. The van der Waals surface area contributed by atoms with E-state index in [9.17, 15) is 0 Å². The topological polar surface area (TPSA) is 60.2 Å². The number of anilines is 2. The molecule has 122 valence electrons. The van der Waals surface area contributed by atoms with Crippen LogP contribution in [0.1, 0.15) is 12.8 Å². The van der Waals surface area contributed by atoms with Crippen molar-refractivity contribution >= 4 is 22.3 Å². The van der Waals surface area contributed by atoms with Gasteiger partial charge in [-0.15, -0.1) is 0 Å². The average Bonchev–Trinajstić information content (AvgIpc) is 2.64. The van der Waals surface area contributed by atoms with E-state index >= 15 is 0 Å². The molecule has 4 rings (SSSR count). The van der Waals surface area contributed by atoms with Gasteiger partial charge in [0, 0.05) is 42.1 Å². The van der Waals surface area contributed by atoms with Crippen molar-refractivity contribution in [1.29, 1.82) is 0 Å². The molecule has 4 heteroatoms. The van der Waals surface area contributed by atoms with Crippen LogP contribution >= 0.6 is 0 Å². The molecule has 1 aromatic heterocycles. The van der Waals surface area contributed by atoms with Gasteiger partial charge in [0.1, 0.15) is 5.82 Å². The van der Waals surface area contributed by atoms with Crippen LogP contribution in [-0.2, 0) is 4.74 Å². The van der Waals surface area contributed by atoms with E-state index in [0.29, 0.717) is 6.04 Å². The third-order valence-electron chi connectivity index (χ3n) is 4.61. The number of ether oxygens (including phenoxy) is 1. The maximum Gasteiger partial charge on any atom is 0.126 e. The van der Waals surface area contributed by atoms with Crippen molar-refractivity contribution in [1.82, 2.24) is 4.98 Å². The van der Waals surface area contributed by atoms with Crippen LogP contribution < -0.4 is 11.1 Å². The Morgan fingerprint density at radius 2 is 1.75 bits per heavy atom. The average molecular weight is 319 g/mol. The Morgan fingerprint density at radius 1 is 0.958 bits per heavy atom. The normalized spacial score (nSPS) is 15.5. The first kappa shape index (κ1) is 15.0. The number of hydrogen-bond donors (Lipinski definition) is 2. The van der Waals surface area contributed by atoms with Crippen LogP contribution in [0.3, 0.4) is 0 Å². The molecule has 0 atom stereocenters. The van der Waals surface area contributed by atoms with Gasteiger partial charge in [-0.25, -0.2) is 4.98 Å². The molecule has 2 aromatic carbocycles. The second-order valence-corrected chi connectivity index (χ2v) is 6.21. The summed E-state index contributed by atoms with van der Waals surface area (Å²) in [5.74, 6) is 0.922. The van der Waals surface area contributed by atoms with Crippen LogP contribution in [0.4, 0.5) is 11.5 Å². The predicted octanol–water partition coefficient (Wildman–Crippen LogP) is 4.07. The Kier molecular flexibility index (Phi) is 4.05. The summed E-state index contributed by atoms with van der Waals surface area (Å²) in [4.78, 5) is 4.60. The van der Waals surface area contributed by atoms with Crippen molar-refractivity contribution in [2.75, 3.05) is 24.3 Å². The molecule has 3 aromatic rings. The number of benzene rings is 2. The standard InChI is InChI=1S/C20H21N3O/c21-19-7-6-16(17-3-1-2-4-18(17)19)14-5-8-20(22-13-14)23-15-9-11-24-12-10-15/h1-8,13,15H,9-12,21H2,(H,22,23). The fourth-order valence-corrected chi connectivity index (χ4v) is 3.26. The lowest BCUT2D eigenvalue weighted by Crippen LogP contribution is -2.28. The van der Waals surface area contributed by atoms with Crippen LogP contribution in [0.5, 0.6) is 0 Å². The van der Waals surface area contributed by atoms with Crippen LogP contribution in [0, 0.1) is 0 Å². The lowest BCUT2D eigenvalue weighted by atomic mass is 9.98. The van der Waals surface area contributed by atoms with Crippen molar-refractivity contribution in [3.63, 3.8) is 0 Å². The number of nitrogens with one attached hydrogen (secondary N) is 1. The summed E-state index contributed by atoms with van der Waals surface area (Å²) in [7, 11) is 0. The minimum Gasteiger partial charge on any atom is -0.398 e. The number of nitrogens with zero attached hydrogens (tertiary/aromatic N) is 1. The number of nitrogen functional groups attached to an aromatic ring is 1. The highest BCUT2D eigenvalue weighted by atomic mass is 16.5. The first-order valence-electron chi connectivity index (χ1n) is 8.39. The van der Waals surface area contributed by atoms with Crippen LogP contribution in [0.2, 0.25) is 0 Å². The summed E-state index contributed by atoms with van der Waals surface area (Å²) in [5.41, 5.74) is 9.16. The maximum absolute atomic E-state index is 6.10. The zero-order valence-corrected chi connectivity index (χ0v) is 13.5. The lowest BCUT2D eigenvalue weighted by molar-refractivity contribution is 0.0904. The van der Waals surface area contributed by atoms with Gasteiger partial charge in [-0.05, 0) is 42.0 Å². The van der Waals surface area contributed by atoms with Crippen LogP contribution in [-0.4, -0.2) is 24.2 Å². The molecule has 0 unspecified atom stereocenters. The molecular weight excluding hydrogens is 298 g/mol. The number of fused-ring (bicyclic) bond motifs is 1. The predicted molar refractivity (Wildman–Crippen MR) is 99.1 cm³/mol. The fraction of sp³-hybridized carbons (Fsp3) is 0.250.